The molecule has 0 saturated carbocycles. The number of likely N-dealkylation sites (tertiary alicyclic amines) is 1. The summed E-state index contributed by atoms with van der Waals surface area (Å²) in [6.45, 7) is 2.96. The second kappa shape index (κ2) is 7.32. The summed E-state index contributed by atoms with van der Waals surface area (Å²) in [5.41, 5.74) is 2.38. The van der Waals surface area contributed by atoms with Crippen LogP contribution in [0, 0.1) is 0 Å². The van der Waals surface area contributed by atoms with Gasteiger partial charge in [0.25, 0.3) is 0 Å². The van der Waals surface area contributed by atoms with Gasteiger partial charge in [0, 0.05) is 30.7 Å². The number of hydrogen-bond donors (Lipinski definition) is 1. The third-order valence-electron chi connectivity index (χ3n) is 4.53. The van der Waals surface area contributed by atoms with E-state index in [1.165, 1.54) is 5.56 Å². The van der Waals surface area contributed by atoms with Crippen molar-refractivity contribution in [3.63, 3.8) is 0 Å². The SMILES string of the molecule is C[C@H]1C[C@H](Nc2ccccc2)CC(=O)N1CCc1ccccc1. The summed E-state index contributed by atoms with van der Waals surface area (Å²) < 4.78 is 0. The van der Waals surface area contributed by atoms with Crippen molar-refractivity contribution in [2.75, 3.05) is 11.9 Å². The molecule has 3 rings (SSSR count). The summed E-state index contributed by atoms with van der Waals surface area (Å²) in [4.78, 5) is 14.6. The van der Waals surface area contributed by atoms with Crippen LogP contribution in [-0.2, 0) is 11.2 Å². The molecule has 23 heavy (non-hydrogen) atoms. The first-order valence-corrected chi connectivity index (χ1v) is 8.37. The van der Waals surface area contributed by atoms with Gasteiger partial charge in [-0.3, -0.25) is 4.79 Å². The van der Waals surface area contributed by atoms with Crippen LogP contribution < -0.4 is 5.32 Å². The van der Waals surface area contributed by atoms with E-state index in [1.54, 1.807) is 0 Å². The fourth-order valence-electron chi connectivity index (χ4n) is 3.32. The molecule has 0 spiro atoms. The molecule has 1 heterocycles. The van der Waals surface area contributed by atoms with Crippen molar-refractivity contribution in [2.45, 2.75) is 38.3 Å². The van der Waals surface area contributed by atoms with Gasteiger partial charge in [-0.1, -0.05) is 48.5 Å². The van der Waals surface area contributed by atoms with Crippen molar-refractivity contribution < 1.29 is 4.79 Å². The summed E-state index contributed by atoms with van der Waals surface area (Å²) in [6, 6.07) is 21.0. The Morgan fingerprint density at radius 3 is 2.35 bits per heavy atom. The van der Waals surface area contributed by atoms with Crippen molar-refractivity contribution in [1.29, 1.82) is 0 Å². The number of amides is 1. The maximum Gasteiger partial charge on any atom is 0.224 e. The Morgan fingerprint density at radius 1 is 1.04 bits per heavy atom. The monoisotopic (exact) mass is 308 g/mol. The Kier molecular flexibility index (Phi) is 4.96. The van der Waals surface area contributed by atoms with Gasteiger partial charge in [0.2, 0.25) is 5.91 Å². The van der Waals surface area contributed by atoms with Gasteiger partial charge < -0.3 is 10.2 Å². The number of anilines is 1. The van der Waals surface area contributed by atoms with E-state index in [0.717, 1.165) is 25.1 Å². The molecule has 3 heteroatoms. The van der Waals surface area contributed by atoms with Crippen LogP contribution >= 0.6 is 0 Å². The van der Waals surface area contributed by atoms with Gasteiger partial charge in [-0.25, -0.2) is 0 Å². The maximum atomic E-state index is 12.5. The van der Waals surface area contributed by atoms with Gasteiger partial charge in [-0.2, -0.15) is 0 Å². The predicted molar refractivity (Wildman–Crippen MR) is 94.4 cm³/mol. The minimum absolute atomic E-state index is 0.230. The first-order valence-electron chi connectivity index (χ1n) is 8.37. The molecule has 0 aromatic heterocycles. The number of piperidine rings is 1. The topological polar surface area (TPSA) is 32.3 Å². The fraction of sp³-hybridized carbons (Fsp3) is 0.350. The summed E-state index contributed by atoms with van der Waals surface area (Å²) in [5.74, 6) is 0.258. The molecule has 0 radical (unpaired) electrons. The molecule has 1 N–H and O–H groups in total. The molecular formula is C20H24N2O. The van der Waals surface area contributed by atoms with Crippen molar-refractivity contribution in [3.05, 3.63) is 66.2 Å². The zero-order valence-corrected chi connectivity index (χ0v) is 13.6. The number of benzene rings is 2. The lowest BCUT2D eigenvalue weighted by molar-refractivity contribution is -0.136. The lowest BCUT2D eigenvalue weighted by atomic mass is 9.96. The molecule has 2 atom stereocenters. The zero-order chi connectivity index (χ0) is 16.1. The number of nitrogens with one attached hydrogen (secondary N) is 1. The lowest BCUT2D eigenvalue weighted by Crippen LogP contribution is -2.49. The summed E-state index contributed by atoms with van der Waals surface area (Å²) in [6.07, 6.45) is 2.50. The second-order valence-corrected chi connectivity index (χ2v) is 6.32. The number of nitrogens with zero attached hydrogens (tertiary/aromatic N) is 1. The van der Waals surface area contributed by atoms with Gasteiger partial charge in [0.05, 0.1) is 0 Å². The van der Waals surface area contributed by atoms with Crippen LogP contribution in [0.2, 0.25) is 0 Å². The molecule has 120 valence electrons. The fourth-order valence-corrected chi connectivity index (χ4v) is 3.32. The van der Waals surface area contributed by atoms with E-state index in [9.17, 15) is 4.79 Å². The number of carbonyl (C=O) groups excluding carboxylic acids is 1. The van der Waals surface area contributed by atoms with E-state index in [1.807, 2.05) is 29.2 Å². The first kappa shape index (κ1) is 15.6. The zero-order valence-electron chi connectivity index (χ0n) is 13.6. The quantitative estimate of drug-likeness (QED) is 0.913. The second-order valence-electron chi connectivity index (χ2n) is 6.32. The van der Waals surface area contributed by atoms with E-state index < -0.39 is 0 Å². The molecule has 0 bridgehead atoms. The highest BCUT2D eigenvalue weighted by Crippen LogP contribution is 2.22. The van der Waals surface area contributed by atoms with Crippen LogP contribution in [0.15, 0.2) is 60.7 Å². The van der Waals surface area contributed by atoms with Gasteiger partial charge in [0.15, 0.2) is 0 Å². The number of para-hydroxylation sites is 1. The molecule has 2 aromatic rings. The average molecular weight is 308 g/mol. The largest absolute Gasteiger partial charge is 0.382 e. The van der Waals surface area contributed by atoms with Crippen LogP contribution in [-0.4, -0.2) is 29.4 Å². The predicted octanol–water partition coefficient (Wildman–Crippen LogP) is 3.72. The standard InChI is InChI=1S/C20H24N2O/c1-16-14-19(21-18-10-6-3-7-11-18)15-20(23)22(16)13-12-17-8-4-2-5-9-17/h2-11,16,19,21H,12-15H2,1H3/t16-,19-/m0/s1. The first-order chi connectivity index (χ1) is 11.2. The van der Waals surface area contributed by atoms with Crippen molar-refractivity contribution >= 4 is 11.6 Å². The van der Waals surface area contributed by atoms with Crippen molar-refractivity contribution in [2.24, 2.45) is 0 Å². The number of carbonyl (C=O) groups is 1. The third kappa shape index (κ3) is 4.13. The van der Waals surface area contributed by atoms with Crippen molar-refractivity contribution in [3.8, 4) is 0 Å². The Bertz CT molecular complexity index is 627. The molecule has 1 fully saturated rings. The Labute approximate surface area is 138 Å². The van der Waals surface area contributed by atoms with Crippen molar-refractivity contribution in [1.82, 2.24) is 4.90 Å². The lowest BCUT2D eigenvalue weighted by Gasteiger charge is -2.38. The molecule has 2 aromatic carbocycles. The van der Waals surface area contributed by atoms with Gasteiger partial charge in [-0.05, 0) is 37.5 Å². The minimum atomic E-state index is 0.230. The molecule has 0 aliphatic carbocycles. The number of rotatable bonds is 5. The van der Waals surface area contributed by atoms with Crippen LogP contribution in [0.3, 0.4) is 0 Å². The van der Waals surface area contributed by atoms with E-state index >= 15 is 0 Å². The summed E-state index contributed by atoms with van der Waals surface area (Å²) >= 11 is 0. The highest BCUT2D eigenvalue weighted by atomic mass is 16.2. The Balaban J connectivity index is 1.56. The smallest absolute Gasteiger partial charge is 0.224 e. The number of hydrogen-bond acceptors (Lipinski definition) is 2. The average Bonchev–Trinajstić information content (AvgIpc) is 2.56. The molecule has 1 aliphatic rings. The van der Waals surface area contributed by atoms with E-state index in [2.05, 4.69) is 48.6 Å². The summed E-state index contributed by atoms with van der Waals surface area (Å²) in [7, 11) is 0. The normalized spacial score (nSPS) is 21.3. The van der Waals surface area contributed by atoms with Crippen LogP contribution in [0.5, 0.6) is 0 Å². The van der Waals surface area contributed by atoms with Gasteiger partial charge in [0.1, 0.15) is 0 Å². The van der Waals surface area contributed by atoms with Gasteiger partial charge >= 0.3 is 0 Å². The molecule has 0 unspecified atom stereocenters. The van der Waals surface area contributed by atoms with E-state index in [0.29, 0.717) is 6.42 Å². The third-order valence-corrected chi connectivity index (χ3v) is 4.53. The Hall–Kier alpha value is -2.29. The van der Waals surface area contributed by atoms with Gasteiger partial charge in [-0.15, -0.1) is 0 Å². The van der Waals surface area contributed by atoms with Crippen LogP contribution in [0.4, 0.5) is 5.69 Å². The summed E-state index contributed by atoms with van der Waals surface area (Å²) in [5, 5.41) is 3.49. The molecule has 1 saturated heterocycles. The van der Waals surface area contributed by atoms with Crippen LogP contribution in [0.25, 0.3) is 0 Å². The van der Waals surface area contributed by atoms with E-state index in [-0.39, 0.29) is 18.0 Å². The highest BCUT2D eigenvalue weighted by Gasteiger charge is 2.30. The molecule has 1 amide bonds. The highest BCUT2D eigenvalue weighted by molar-refractivity contribution is 5.78. The molecule has 1 aliphatic heterocycles. The molecular weight excluding hydrogens is 284 g/mol. The molecule has 3 nitrogen and oxygen atoms in total. The van der Waals surface area contributed by atoms with E-state index in [4.69, 9.17) is 0 Å². The Morgan fingerprint density at radius 2 is 1.70 bits per heavy atom. The maximum absolute atomic E-state index is 12.5. The van der Waals surface area contributed by atoms with Crippen LogP contribution in [0.1, 0.15) is 25.3 Å². The minimum Gasteiger partial charge on any atom is -0.382 e.